The van der Waals surface area contributed by atoms with Crippen molar-refractivity contribution in [2.24, 2.45) is 0 Å². The number of carboxylic acids is 1. The highest BCUT2D eigenvalue weighted by Crippen LogP contribution is 2.49. The molecule has 1 fully saturated rings. The molecule has 0 spiro atoms. The molecule has 2 aliphatic rings. The highest BCUT2D eigenvalue weighted by Gasteiger charge is 2.46. The van der Waals surface area contributed by atoms with E-state index in [1.807, 2.05) is 0 Å². The summed E-state index contributed by atoms with van der Waals surface area (Å²) in [5, 5.41) is 9.66. The molecule has 21 heavy (non-hydrogen) atoms. The van der Waals surface area contributed by atoms with Gasteiger partial charge in [0.25, 0.3) is 6.43 Å². The number of alkyl halides is 2. The van der Waals surface area contributed by atoms with E-state index in [0.29, 0.717) is 30.8 Å². The first-order chi connectivity index (χ1) is 10.0. The molecular weight excluding hydrogens is 282 g/mol. The molecule has 6 heteroatoms. The Morgan fingerprint density at radius 3 is 2.48 bits per heavy atom. The van der Waals surface area contributed by atoms with Gasteiger partial charge in [-0.3, -0.25) is 4.79 Å². The van der Waals surface area contributed by atoms with Crippen molar-refractivity contribution in [1.29, 1.82) is 0 Å². The fourth-order valence-corrected chi connectivity index (χ4v) is 3.23. The van der Waals surface area contributed by atoms with Crippen LogP contribution in [0.3, 0.4) is 0 Å². The van der Waals surface area contributed by atoms with E-state index in [1.165, 1.54) is 12.1 Å². The average molecular weight is 298 g/mol. The van der Waals surface area contributed by atoms with Crippen molar-refractivity contribution in [3.8, 4) is 11.5 Å². The fourth-order valence-electron chi connectivity index (χ4n) is 3.23. The van der Waals surface area contributed by atoms with Crippen LogP contribution in [0.25, 0.3) is 0 Å². The van der Waals surface area contributed by atoms with E-state index in [4.69, 9.17) is 9.47 Å². The molecule has 1 aliphatic heterocycles. The number of fused-ring (bicyclic) bond motifs is 1. The number of rotatable bonds is 3. The fraction of sp³-hybridized carbons (Fsp3) is 0.533. The lowest BCUT2D eigenvalue weighted by molar-refractivity contribution is -0.143. The topological polar surface area (TPSA) is 55.8 Å². The maximum Gasteiger partial charge on any atom is 0.314 e. The van der Waals surface area contributed by atoms with E-state index in [9.17, 15) is 18.7 Å². The van der Waals surface area contributed by atoms with Crippen LogP contribution in [0.5, 0.6) is 11.5 Å². The van der Waals surface area contributed by atoms with E-state index in [-0.39, 0.29) is 17.9 Å². The summed E-state index contributed by atoms with van der Waals surface area (Å²) in [4.78, 5) is 11.8. The maximum atomic E-state index is 13.1. The summed E-state index contributed by atoms with van der Waals surface area (Å²) in [5.41, 5.74) is -1.03. The van der Waals surface area contributed by atoms with Crippen molar-refractivity contribution in [1.82, 2.24) is 0 Å². The van der Waals surface area contributed by atoms with Gasteiger partial charge >= 0.3 is 5.97 Å². The van der Waals surface area contributed by atoms with Crippen molar-refractivity contribution in [2.45, 2.75) is 37.5 Å². The van der Waals surface area contributed by atoms with Gasteiger partial charge in [-0.1, -0.05) is 12.8 Å². The average Bonchev–Trinajstić information content (AvgIpc) is 2.96. The van der Waals surface area contributed by atoms with Crippen LogP contribution in [0, 0.1) is 0 Å². The third-order valence-corrected chi connectivity index (χ3v) is 4.30. The number of carbonyl (C=O) groups is 1. The number of aliphatic carboxylic acids is 1. The first kappa shape index (κ1) is 14.1. The number of ether oxygens (including phenoxy) is 2. The molecule has 1 heterocycles. The lowest BCUT2D eigenvalue weighted by Gasteiger charge is -2.30. The molecule has 1 saturated carbocycles. The summed E-state index contributed by atoms with van der Waals surface area (Å²) >= 11 is 0. The second kappa shape index (κ2) is 5.16. The van der Waals surface area contributed by atoms with Crippen molar-refractivity contribution in [3.05, 3.63) is 23.3 Å². The lowest BCUT2D eigenvalue weighted by Crippen LogP contribution is -2.34. The van der Waals surface area contributed by atoms with Gasteiger partial charge in [0.05, 0.1) is 5.41 Å². The highest BCUT2D eigenvalue weighted by molar-refractivity contribution is 5.83. The molecule has 1 aromatic carbocycles. The van der Waals surface area contributed by atoms with Gasteiger partial charge in [0.2, 0.25) is 0 Å². The second-order valence-electron chi connectivity index (χ2n) is 5.49. The molecule has 0 saturated heterocycles. The monoisotopic (exact) mass is 298 g/mol. The van der Waals surface area contributed by atoms with E-state index >= 15 is 0 Å². The van der Waals surface area contributed by atoms with Gasteiger partial charge in [0.1, 0.15) is 13.2 Å². The number of carboxylic acid groups (broad SMARTS) is 1. The standard InChI is InChI=1S/C15H16F2O4/c16-13(17)9-7-10(12-11(8-9)20-5-6-21-12)15(14(18)19)3-1-2-4-15/h7-8,13H,1-6H2,(H,18,19). The van der Waals surface area contributed by atoms with Crippen LogP contribution >= 0.6 is 0 Å². The maximum absolute atomic E-state index is 13.1. The summed E-state index contributed by atoms with van der Waals surface area (Å²) in [6.07, 6.45) is -0.274. The zero-order valence-electron chi connectivity index (χ0n) is 11.4. The summed E-state index contributed by atoms with van der Waals surface area (Å²) < 4.78 is 37.1. The molecule has 1 N–H and O–H groups in total. The van der Waals surface area contributed by atoms with Gasteiger partial charge in [-0.25, -0.2) is 8.78 Å². The van der Waals surface area contributed by atoms with Crippen molar-refractivity contribution in [2.75, 3.05) is 13.2 Å². The van der Waals surface area contributed by atoms with Crippen LogP contribution in [0.4, 0.5) is 8.78 Å². The molecule has 1 aromatic rings. The molecule has 0 aromatic heterocycles. The van der Waals surface area contributed by atoms with Crippen LogP contribution in [-0.2, 0) is 10.2 Å². The van der Waals surface area contributed by atoms with E-state index < -0.39 is 17.8 Å². The van der Waals surface area contributed by atoms with Crippen molar-refractivity contribution >= 4 is 5.97 Å². The first-order valence-electron chi connectivity index (χ1n) is 7.00. The van der Waals surface area contributed by atoms with Crippen molar-refractivity contribution in [3.63, 3.8) is 0 Å². The third-order valence-electron chi connectivity index (χ3n) is 4.30. The minimum absolute atomic E-state index is 0.221. The zero-order chi connectivity index (χ0) is 15.0. The quantitative estimate of drug-likeness (QED) is 0.930. The Hall–Kier alpha value is -1.85. The molecule has 0 unspecified atom stereocenters. The SMILES string of the molecule is O=C(O)C1(c2cc(C(F)F)cc3c2OCCO3)CCCC1. The van der Waals surface area contributed by atoms with Gasteiger partial charge in [0.15, 0.2) is 11.5 Å². The third kappa shape index (κ3) is 2.22. The van der Waals surface area contributed by atoms with Gasteiger partial charge in [-0.2, -0.15) is 0 Å². The summed E-state index contributed by atoms with van der Waals surface area (Å²) in [6, 6.07) is 2.52. The number of halogens is 2. The second-order valence-corrected chi connectivity index (χ2v) is 5.49. The van der Waals surface area contributed by atoms with Gasteiger partial charge in [-0.15, -0.1) is 0 Å². The summed E-state index contributed by atoms with van der Waals surface area (Å²) in [5.74, 6) is -0.445. The molecule has 1 aliphatic carbocycles. The Kier molecular flexibility index (Phi) is 3.47. The summed E-state index contributed by atoms with van der Waals surface area (Å²) in [7, 11) is 0. The van der Waals surface area contributed by atoms with Gasteiger partial charge in [0, 0.05) is 11.1 Å². The van der Waals surface area contributed by atoms with Gasteiger partial charge in [-0.05, 0) is 25.0 Å². The van der Waals surface area contributed by atoms with Crippen LogP contribution in [0.2, 0.25) is 0 Å². The molecular formula is C15H16F2O4. The Morgan fingerprint density at radius 1 is 1.19 bits per heavy atom. The molecule has 4 nitrogen and oxygen atoms in total. The molecule has 0 radical (unpaired) electrons. The minimum Gasteiger partial charge on any atom is -0.486 e. The molecule has 114 valence electrons. The van der Waals surface area contributed by atoms with Crippen LogP contribution in [0.1, 0.15) is 43.2 Å². The largest absolute Gasteiger partial charge is 0.486 e. The Bertz CT molecular complexity index is 565. The predicted molar refractivity (Wildman–Crippen MR) is 70.2 cm³/mol. The Morgan fingerprint density at radius 2 is 1.86 bits per heavy atom. The molecule has 0 bridgehead atoms. The molecule has 0 amide bonds. The molecule has 0 atom stereocenters. The van der Waals surface area contributed by atoms with E-state index in [0.717, 1.165) is 12.8 Å². The van der Waals surface area contributed by atoms with Crippen LogP contribution in [-0.4, -0.2) is 24.3 Å². The number of hydrogen-bond acceptors (Lipinski definition) is 3. The predicted octanol–water partition coefficient (Wildman–Crippen LogP) is 3.29. The summed E-state index contributed by atoms with van der Waals surface area (Å²) in [6.45, 7) is 0.572. The number of hydrogen-bond donors (Lipinski definition) is 1. The van der Waals surface area contributed by atoms with Crippen LogP contribution < -0.4 is 9.47 Å². The highest BCUT2D eigenvalue weighted by atomic mass is 19.3. The minimum atomic E-state index is -2.67. The Labute approximate surface area is 120 Å². The number of benzene rings is 1. The first-order valence-corrected chi connectivity index (χ1v) is 7.00. The van der Waals surface area contributed by atoms with Crippen LogP contribution in [0.15, 0.2) is 12.1 Å². The van der Waals surface area contributed by atoms with E-state index in [2.05, 4.69) is 0 Å². The smallest absolute Gasteiger partial charge is 0.314 e. The molecule has 3 rings (SSSR count). The lowest BCUT2D eigenvalue weighted by atomic mass is 9.77. The zero-order valence-corrected chi connectivity index (χ0v) is 11.4. The Balaban J connectivity index is 2.19. The normalized spacial score (nSPS) is 19.8. The van der Waals surface area contributed by atoms with E-state index in [1.54, 1.807) is 0 Å². The van der Waals surface area contributed by atoms with Gasteiger partial charge < -0.3 is 14.6 Å². The van der Waals surface area contributed by atoms with Crippen molar-refractivity contribution < 1.29 is 28.2 Å².